The van der Waals surface area contributed by atoms with Gasteiger partial charge < -0.3 is 44.3 Å². The van der Waals surface area contributed by atoms with Crippen LogP contribution in [0, 0.1) is 0 Å². The molecule has 15 heteroatoms. The maximum atomic E-state index is 12.7. The molecule has 0 aliphatic heterocycles. The molecule has 0 heterocycles. The number of ether oxygens (including phenoxy) is 2. The predicted molar refractivity (Wildman–Crippen MR) is 275 cm³/mol. The van der Waals surface area contributed by atoms with Gasteiger partial charge in [-0.2, -0.15) is 0 Å². The minimum atomic E-state index is -1.88. The Morgan fingerprint density at radius 3 is 1.36 bits per heavy atom. The van der Waals surface area contributed by atoms with Crippen molar-refractivity contribution in [3.05, 3.63) is 130 Å². The van der Waals surface area contributed by atoms with Crippen LogP contribution in [0.15, 0.2) is 97.1 Å². The third kappa shape index (κ3) is 21.3. The average molecular weight is 959 g/mol. The predicted octanol–water partition coefficient (Wildman–Crippen LogP) is 11.5. The highest BCUT2D eigenvalue weighted by Crippen LogP contribution is 2.38. The van der Waals surface area contributed by atoms with E-state index in [9.17, 15) is 19.2 Å². The van der Waals surface area contributed by atoms with E-state index in [2.05, 4.69) is 122 Å². The molecule has 4 aromatic rings. The van der Waals surface area contributed by atoms with Gasteiger partial charge >= 0.3 is 18.2 Å². The van der Waals surface area contributed by atoms with Crippen LogP contribution in [0.2, 0.25) is 36.3 Å². The van der Waals surface area contributed by atoms with Crippen molar-refractivity contribution in [2.45, 2.75) is 131 Å². The molecular formula is C52H78N4O9Si2. The summed E-state index contributed by atoms with van der Waals surface area (Å²) in [6.45, 7) is 27.8. The highest BCUT2D eigenvalue weighted by Gasteiger charge is 2.38. The lowest BCUT2D eigenvalue weighted by Gasteiger charge is -2.36. The number of nitrogens with zero attached hydrogens (tertiary/aromatic N) is 1. The molecule has 0 aliphatic carbocycles. The lowest BCUT2D eigenvalue weighted by Crippen LogP contribution is -2.40. The number of rotatable bonds is 18. The summed E-state index contributed by atoms with van der Waals surface area (Å²) < 4.78 is 22.6. The molecule has 0 radical (unpaired) electrons. The van der Waals surface area contributed by atoms with E-state index in [1.165, 1.54) is 16.8 Å². The number of carboxylic acids is 1. The Balaban J connectivity index is 0.000000382. The molecule has 0 aromatic heterocycles. The number of hydrogen-bond acceptors (Lipinski definition) is 9. The molecule has 0 aliphatic rings. The van der Waals surface area contributed by atoms with Crippen molar-refractivity contribution in [1.82, 2.24) is 10.6 Å². The highest BCUT2D eigenvalue weighted by atomic mass is 28.4. The van der Waals surface area contributed by atoms with Gasteiger partial charge in [-0.15, -0.1) is 0 Å². The fourth-order valence-corrected chi connectivity index (χ4v) is 7.41. The summed E-state index contributed by atoms with van der Waals surface area (Å²) in [5, 5.41) is 16.5. The molecule has 0 bridgehead atoms. The minimum Gasteiger partial charge on any atom is -0.480 e. The summed E-state index contributed by atoms with van der Waals surface area (Å²) in [4.78, 5) is 47.3. The average Bonchev–Trinajstić information content (AvgIpc) is 3.29. The fraction of sp³-hybridized carbons (Fsp3) is 0.462. The van der Waals surface area contributed by atoms with Crippen LogP contribution in [0.1, 0.15) is 88.8 Å². The number of hydrogen-bond donors (Lipinski definition) is 4. The minimum absolute atomic E-state index is 0.131. The summed E-state index contributed by atoms with van der Waals surface area (Å²) in [7, 11) is 0.136. The molecule has 67 heavy (non-hydrogen) atoms. The van der Waals surface area contributed by atoms with Gasteiger partial charge in [-0.25, -0.2) is 9.59 Å². The lowest BCUT2D eigenvalue weighted by atomic mass is 10.1. The molecule has 4 aromatic carbocycles. The number of amides is 3. The van der Waals surface area contributed by atoms with Gasteiger partial charge in [-0.1, -0.05) is 128 Å². The van der Waals surface area contributed by atoms with Crippen molar-refractivity contribution in [1.29, 1.82) is 0 Å². The second-order valence-electron chi connectivity index (χ2n) is 19.3. The number of anilines is 2. The SMILES string of the molecule is CCc1cc(CO[Si](C)(C)C(C)(C)C)cc(N(C)C(=O)CNC(=O)OCc2ccccc2)c1.CCc1cc(CO[Si](C)(C)C(C)(C)C)cc(NC)c1.O=C(O)CNC(=O)OCc1ccccc1. The smallest absolute Gasteiger partial charge is 0.407 e. The van der Waals surface area contributed by atoms with E-state index < -0.39 is 41.3 Å². The summed E-state index contributed by atoms with van der Waals surface area (Å²) >= 11 is 0. The molecule has 3 amide bonds. The number of carbonyl (C=O) groups is 4. The van der Waals surface area contributed by atoms with Gasteiger partial charge in [0.15, 0.2) is 16.6 Å². The number of aliphatic carboxylic acids is 1. The monoisotopic (exact) mass is 959 g/mol. The summed E-state index contributed by atoms with van der Waals surface area (Å²) in [6, 6.07) is 31.3. The zero-order valence-electron chi connectivity index (χ0n) is 42.6. The fourth-order valence-electron chi connectivity index (χ4n) is 5.49. The largest absolute Gasteiger partial charge is 0.480 e. The number of nitrogens with one attached hydrogen (secondary N) is 3. The molecule has 0 atom stereocenters. The maximum Gasteiger partial charge on any atom is 0.407 e. The molecule has 368 valence electrons. The van der Waals surface area contributed by atoms with Crippen LogP contribution in [0.25, 0.3) is 0 Å². The van der Waals surface area contributed by atoms with Crippen LogP contribution in [0.5, 0.6) is 0 Å². The van der Waals surface area contributed by atoms with Crippen molar-refractivity contribution in [2.24, 2.45) is 0 Å². The Bertz CT molecular complexity index is 2130. The number of carboxylic acid groups (broad SMARTS) is 1. The number of carbonyl (C=O) groups excluding carboxylic acids is 3. The quantitative estimate of drug-likeness (QED) is 0.0706. The summed E-state index contributed by atoms with van der Waals surface area (Å²) in [5.74, 6) is -1.33. The van der Waals surface area contributed by atoms with Gasteiger partial charge in [0, 0.05) is 25.5 Å². The van der Waals surface area contributed by atoms with Gasteiger partial charge in [0.1, 0.15) is 26.3 Å². The van der Waals surface area contributed by atoms with E-state index in [4.69, 9.17) is 23.4 Å². The van der Waals surface area contributed by atoms with Gasteiger partial charge in [-0.05, 0) is 107 Å². The van der Waals surface area contributed by atoms with Crippen molar-refractivity contribution in [2.75, 3.05) is 37.4 Å². The Labute approximate surface area is 402 Å². The zero-order valence-corrected chi connectivity index (χ0v) is 44.6. The van der Waals surface area contributed by atoms with E-state index in [1.807, 2.05) is 79.8 Å². The lowest BCUT2D eigenvalue weighted by molar-refractivity contribution is -0.135. The second-order valence-corrected chi connectivity index (χ2v) is 28.9. The standard InChI is InChI=1S/C26H38N2O4Si.C16H29NOSi.C10H11NO4/c1-8-20-14-22(19-32-33(6,7)26(2,3)4)16-23(15-20)28(5)24(29)17-27-25(30)31-18-21-12-10-9-11-13-21;1-8-13-9-14(11-15(10-13)17-5)12-18-19(6,7)16(2,3)4;12-9(13)6-11-10(14)15-7-8-4-2-1-3-5-8/h9-16H,8,17-19H2,1-7H3,(H,27,30);9-11,17H,8,12H2,1-7H3;1-5H,6-7H2,(H,11,14)(H,12,13). The van der Waals surface area contributed by atoms with Gasteiger partial charge in [0.25, 0.3) is 0 Å². The van der Waals surface area contributed by atoms with Crippen LogP contribution in [0.3, 0.4) is 0 Å². The molecule has 0 unspecified atom stereocenters. The van der Waals surface area contributed by atoms with Crippen LogP contribution in [0.4, 0.5) is 21.0 Å². The molecule has 13 nitrogen and oxygen atoms in total. The maximum absolute atomic E-state index is 12.7. The van der Waals surface area contributed by atoms with Gasteiger partial charge in [0.2, 0.25) is 5.91 Å². The topological polar surface area (TPSA) is 165 Å². The number of aryl methyl sites for hydroxylation is 2. The van der Waals surface area contributed by atoms with Gasteiger partial charge in [0.05, 0.1) is 13.2 Å². The number of alkyl carbamates (subject to hydrolysis) is 2. The number of likely N-dealkylation sites (N-methyl/N-ethyl adjacent to an activating group) is 1. The van der Waals surface area contributed by atoms with E-state index in [0.29, 0.717) is 6.61 Å². The molecule has 0 spiro atoms. The van der Waals surface area contributed by atoms with Gasteiger partial charge in [-0.3, -0.25) is 9.59 Å². The Morgan fingerprint density at radius 2 is 0.955 bits per heavy atom. The summed E-state index contributed by atoms with van der Waals surface area (Å²) in [6.07, 6.45) is 0.558. The Hall–Kier alpha value is -5.49. The van der Waals surface area contributed by atoms with Crippen molar-refractivity contribution in [3.8, 4) is 0 Å². The van der Waals surface area contributed by atoms with E-state index in [0.717, 1.165) is 47.4 Å². The van der Waals surface area contributed by atoms with Crippen LogP contribution < -0.4 is 20.9 Å². The zero-order chi connectivity index (χ0) is 50.4. The van der Waals surface area contributed by atoms with E-state index in [1.54, 1.807) is 11.9 Å². The van der Waals surface area contributed by atoms with E-state index >= 15 is 0 Å². The van der Waals surface area contributed by atoms with Crippen molar-refractivity contribution < 1.29 is 42.6 Å². The highest BCUT2D eigenvalue weighted by molar-refractivity contribution is 6.74. The van der Waals surface area contributed by atoms with Crippen LogP contribution >= 0.6 is 0 Å². The molecule has 0 saturated heterocycles. The Kier molecular flexibility index (Phi) is 23.5. The Morgan fingerprint density at radius 1 is 0.567 bits per heavy atom. The number of benzene rings is 4. The molecular weight excluding hydrogens is 881 g/mol. The molecule has 0 fully saturated rings. The summed E-state index contributed by atoms with van der Waals surface area (Å²) in [5.41, 5.74) is 8.51. The molecule has 0 saturated carbocycles. The van der Waals surface area contributed by atoms with Crippen LogP contribution in [-0.2, 0) is 67.2 Å². The third-order valence-electron chi connectivity index (χ3n) is 12.0. The van der Waals surface area contributed by atoms with Crippen LogP contribution in [-0.4, -0.2) is 73.0 Å². The second kappa shape index (κ2) is 27.4. The first-order valence-corrected chi connectivity index (χ1v) is 28.7. The first-order valence-electron chi connectivity index (χ1n) is 22.9. The van der Waals surface area contributed by atoms with Crippen molar-refractivity contribution in [3.63, 3.8) is 0 Å². The first-order chi connectivity index (χ1) is 31.3. The normalized spacial score (nSPS) is 11.4. The van der Waals surface area contributed by atoms with E-state index in [-0.39, 0.29) is 35.7 Å². The molecule has 4 rings (SSSR count). The first kappa shape index (κ1) is 57.6. The third-order valence-corrected chi connectivity index (χ3v) is 20.9. The van der Waals surface area contributed by atoms with Crippen molar-refractivity contribution >= 4 is 52.1 Å². The molecule has 4 N–H and O–H groups in total.